The first-order valence-electron chi connectivity index (χ1n) is 9.21. The number of nitrogens with zero attached hydrogens (tertiary/aromatic N) is 2. The van der Waals surface area contributed by atoms with Gasteiger partial charge in [0.15, 0.2) is 0 Å². The Balaban J connectivity index is 1.99. The molecule has 0 aliphatic heterocycles. The number of anilines is 1. The van der Waals surface area contributed by atoms with Gasteiger partial charge in [0.1, 0.15) is 10.6 Å². The molecule has 0 radical (unpaired) electrons. The smallest absolute Gasteiger partial charge is 0.257 e. The molecule has 1 heterocycles. The third-order valence-corrected chi connectivity index (χ3v) is 6.54. The summed E-state index contributed by atoms with van der Waals surface area (Å²) in [5.41, 5.74) is 1.98. The summed E-state index contributed by atoms with van der Waals surface area (Å²) in [4.78, 5) is 17.3. The fourth-order valence-corrected chi connectivity index (χ4v) is 4.16. The minimum Gasteiger partial charge on any atom is -0.492 e. The van der Waals surface area contributed by atoms with E-state index in [0.29, 0.717) is 28.6 Å². The third kappa shape index (κ3) is 4.40. The van der Waals surface area contributed by atoms with Gasteiger partial charge in [-0.05, 0) is 56.3 Å². The zero-order chi connectivity index (χ0) is 22.1. The van der Waals surface area contributed by atoms with Crippen molar-refractivity contribution in [2.24, 2.45) is 0 Å². The maximum absolute atomic E-state index is 12.9. The number of carbonyl (C=O) groups excluding carboxylic acids is 1. The molecule has 3 rings (SSSR count). The Kier molecular flexibility index (Phi) is 6.30. The lowest BCUT2D eigenvalue weighted by atomic mass is 10.1. The first-order chi connectivity index (χ1) is 14.1. The van der Waals surface area contributed by atoms with Crippen LogP contribution in [0.15, 0.2) is 47.4 Å². The molecule has 0 saturated heterocycles. The van der Waals surface area contributed by atoms with Crippen LogP contribution in [0.5, 0.6) is 5.75 Å². The van der Waals surface area contributed by atoms with Crippen molar-refractivity contribution in [1.29, 1.82) is 0 Å². The standard InChI is InChI=1S/C21H22ClN3O4S/c1-5-29-19-9-7-16(12-20(19)30(27,28)25(3)4)24-21(26)17-11-14-10-15(22)6-8-18(14)23-13(17)2/h6-12H,5H2,1-4H3,(H,24,26). The van der Waals surface area contributed by atoms with Crippen LogP contribution >= 0.6 is 11.6 Å². The van der Waals surface area contributed by atoms with Crippen LogP contribution in [-0.2, 0) is 10.0 Å². The number of amides is 1. The van der Waals surface area contributed by atoms with E-state index in [-0.39, 0.29) is 10.6 Å². The topological polar surface area (TPSA) is 88.6 Å². The molecule has 158 valence electrons. The van der Waals surface area contributed by atoms with Crippen LogP contribution in [0.3, 0.4) is 0 Å². The van der Waals surface area contributed by atoms with E-state index in [9.17, 15) is 13.2 Å². The monoisotopic (exact) mass is 447 g/mol. The number of hydrogen-bond donors (Lipinski definition) is 1. The molecular weight excluding hydrogens is 426 g/mol. The zero-order valence-corrected chi connectivity index (χ0v) is 18.6. The summed E-state index contributed by atoms with van der Waals surface area (Å²) >= 11 is 6.05. The van der Waals surface area contributed by atoms with Crippen molar-refractivity contribution in [1.82, 2.24) is 9.29 Å². The molecule has 9 heteroatoms. The van der Waals surface area contributed by atoms with Crippen molar-refractivity contribution < 1.29 is 17.9 Å². The number of benzene rings is 2. The van der Waals surface area contributed by atoms with Gasteiger partial charge in [0, 0.05) is 30.2 Å². The van der Waals surface area contributed by atoms with E-state index in [1.807, 2.05) is 0 Å². The molecule has 0 fully saturated rings. The van der Waals surface area contributed by atoms with E-state index >= 15 is 0 Å². The minimum atomic E-state index is -3.76. The lowest BCUT2D eigenvalue weighted by Gasteiger charge is -2.17. The Morgan fingerprint density at radius 3 is 2.57 bits per heavy atom. The molecular formula is C21H22ClN3O4S. The second-order valence-electron chi connectivity index (χ2n) is 6.79. The van der Waals surface area contributed by atoms with Gasteiger partial charge in [-0.25, -0.2) is 12.7 Å². The van der Waals surface area contributed by atoms with E-state index in [1.54, 1.807) is 44.2 Å². The Morgan fingerprint density at radius 2 is 1.90 bits per heavy atom. The highest BCUT2D eigenvalue weighted by atomic mass is 35.5. The lowest BCUT2D eigenvalue weighted by molar-refractivity contribution is 0.102. The molecule has 0 spiro atoms. The summed E-state index contributed by atoms with van der Waals surface area (Å²) in [7, 11) is -0.892. The average Bonchev–Trinajstić information content (AvgIpc) is 2.68. The van der Waals surface area contributed by atoms with Gasteiger partial charge >= 0.3 is 0 Å². The molecule has 3 aromatic rings. The Morgan fingerprint density at radius 1 is 1.17 bits per heavy atom. The number of sulfonamides is 1. The fourth-order valence-electron chi connectivity index (χ4n) is 2.93. The Labute approximate surface area is 180 Å². The van der Waals surface area contributed by atoms with Gasteiger partial charge in [-0.1, -0.05) is 11.6 Å². The van der Waals surface area contributed by atoms with Crippen molar-refractivity contribution in [2.45, 2.75) is 18.7 Å². The van der Waals surface area contributed by atoms with Crippen LogP contribution in [0.25, 0.3) is 10.9 Å². The summed E-state index contributed by atoms with van der Waals surface area (Å²) in [6.45, 7) is 3.82. The lowest BCUT2D eigenvalue weighted by Crippen LogP contribution is -2.23. The second-order valence-corrected chi connectivity index (χ2v) is 9.35. The molecule has 1 N–H and O–H groups in total. The van der Waals surface area contributed by atoms with E-state index in [4.69, 9.17) is 16.3 Å². The Bertz CT molecular complexity index is 1230. The Hall–Kier alpha value is -2.68. The molecule has 0 aliphatic rings. The van der Waals surface area contributed by atoms with Crippen LogP contribution in [-0.4, -0.2) is 44.3 Å². The largest absolute Gasteiger partial charge is 0.492 e. The average molecular weight is 448 g/mol. The number of rotatable bonds is 6. The number of aryl methyl sites for hydroxylation is 1. The van der Waals surface area contributed by atoms with E-state index in [2.05, 4.69) is 10.3 Å². The summed E-state index contributed by atoms with van der Waals surface area (Å²) in [6.07, 6.45) is 0. The van der Waals surface area contributed by atoms with Gasteiger partial charge in [0.05, 0.1) is 23.4 Å². The van der Waals surface area contributed by atoms with E-state index in [0.717, 1.165) is 15.2 Å². The predicted octanol–water partition coefficient (Wildman–Crippen LogP) is 4.10. The molecule has 0 atom stereocenters. The molecule has 0 unspecified atom stereocenters. The highest BCUT2D eigenvalue weighted by Crippen LogP contribution is 2.30. The maximum atomic E-state index is 12.9. The highest BCUT2D eigenvalue weighted by Gasteiger charge is 2.23. The number of hydrogen-bond acceptors (Lipinski definition) is 5. The van der Waals surface area contributed by atoms with E-state index in [1.165, 1.54) is 26.2 Å². The number of fused-ring (bicyclic) bond motifs is 1. The van der Waals surface area contributed by atoms with Crippen LogP contribution in [0.4, 0.5) is 5.69 Å². The molecule has 1 amide bonds. The van der Waals surface area contributed by atoms with Gasteiger partial charge < -0.3 is 10.1 Å². The summed E-state index contributed by atoms with van der Waals surface area (Å²) < 4.78 is 31.9. The van der Waals surface area contributed by atoms with Crippen molar-refractivity contribution in [2.75, 3.05) is 26.0 Å². The number of pyridine rings is 1. The van der Waals surface area contributed by atoms with Gasteiger partial charge in [-0.2, -0.15) is 0 Å². The van der Waals surface area contributed by atoms with Crippen molar-refractivity contribution >= 4 is 44.1 Å². The van der Waals surface area contributed by atoms with Crippen LogP contribution < -0.4 is 10.1 Å². The minimum absolute atomic E-state index is 0.0210. The maximum Gasteiger partial charge on any atom is 0.257 e. The molecule has 2 aromatic carbocycles. The number of carbonyl (C=O) groups is 1. The molecule has 1 aromatic heterocycles. The SMILES string of the molecule is CCOc1ccc(NC(=O)c2cc3cc(Cl)ccc3nc2C)cc1S(=O)(=O)N(C)C. The first-order valence-corrected chi connectivity index (χ1v) is 11.0. The molecule has 30 heavy (non-hydrogen) atoms. The van der Waals surface area contributed by atoms with Crippen molar-refractivity contribution in [3.8, 4) is 5.75 Å². The molecule has 0 aliphatic carbocycles. The van der Waals surface area contributed by atoms with Crippen LogP contribution in [0, 0.1) is 6.92 Å². The number of ether oxygens (including phenoxy) is 1. The van der Waals surface area contributed by atoms with Gasteiger partial charge in [-0.3, -0.25) is 9.78 Å². The normalized spacial score (nSPS) is 11.7. The summed E-state index contributed by atoms with van der Waals surface area (Å²) in [5, 5.41) is 4.03. The van der Waals surface area contributed by atoms with Crippen molar-refractivity contribution in [3.63, 3.8) is 0 Å². The predicted molar refractivity (Wildman–Crippen MR) is 118 cm³/mol. The molecule has 7 nitrogen and oxygen atoms in total. The highest BCUT2D eigenvalue weighted by molar-refractivity contribution is 7.89. The van der Waals surface area contributed by atoms with Gasteiger partial charge in [-0.15, -0.1) is 0 Å². The zero-order valence-electron chi connectivity index (χ0n) is 17.1. The quantitative estimate of drug-likeness (QED) is 0.614. The second kappa shape index (κ2) is 8.59. The third-order valence-electron chi connectivity index (χ3n) is 4.47. The number of nitrogens with one attached hydrogen (secondary N) is 1. The summed E-state index contributed by atoms with van der Waals surface area (Å²) in [5.74, 6) is -0.179. The van der Waals surface area contributed by atoms with Gasteiger partial charge in [0.25, 0.3) is 5.91 Å². The van der Waals surface area contributed by atoms with Crippen LogP contribution in [0.2, 0.25) is 5.02 Å². The van der Waals surface area contributed by atoms with Crippen LogP contribution in [0.1, 0.15) is 23.0 Å². The van der Waals surface area contributed by atoms with E-state index < -0.39 is 15.9 Å². The van der Waals surface area contributed by atoms with Crippen molar-refractivity contribution in [3.05, 3.63) is 58.7 Å². The molecule has 0 bridgehead atoms. The number of halogens is 1. The molecule has 0 saturated carbocycles. The number of aromatic nitrogens is 1. The fraction of sp³-hybridized carbons (Fsp3) is 0.238. The summed E-state index contributed by atoms with van der Waals surface area (Å²) in [6, 6.07) is 11.5. The van der Waals surface area contributed by atoms with Gasteiger partial charge in [0.2, 0.25) is 10.0 Å². The first kappa shape index (κ1) is 22.0.